The number of para-hydroxylation sites is 1. The molecule has 1 N–H and O–H groups in total. The molecule has 84 valence electrons. The number of ketones is 1. The van der Waals surface area contributed by atoms with Gasteiger partial charge in [0, 0.05) is 17.7 Å². The van der Waals surface area contributed by atoms with Gasteiger partial charge in [0.05, 0.1) is 6.04 Å². The third-order valence-corrected chi connectivity index (χ3v) is 3.14. The van der Waals surface area contributed by atoms with E-state index in [-0.39, 0.29) is 11.8 Å². The van der Waals surface area contributed by atoms with Crippen LogP contribution in [0.2, 0.25) is 0 Å². The molecule has 1 unspecified atom stereocenters. The fourth-order valence-electron chi connectivity index (χ4n) is 2.29. The molecule has 0 bridgehead atoms. The van der Waals surface area contributed by atoms with Crippen LogP contribution in [0.25, 0.3) is 0 Å². The molecule has 0 spiro atoms. The number of carbonyl (C=O) groups is 1. The van der Waals surface area contributed by atoms with Gasteiger partial charge in [-0.05, 0) is 17.7 Å². The quantitative estimate of drug-likeness (QED) is 0.848. The predicted octanol–water partition coefficient (Wildman–Crippen LogP) is 2.91. The van der Waals surface area contributed by atoms with Gasteiger partial charge in [0.25, 0.3) is 0 Å². The van der Waals surface area contributed by atoms with E-state index in [0.717, 1.165) is 23.2 Å². The first-order valence-corrected chi connectivity index (χ1v) is 5.78. The van der Waals surface area contributed by atoms with Crippen molar-refractivity contribution in [3.05, 3.63) is 65.7 Å². The molecule has 0 saturated heterocycles. The zero-order chi connectivity index (χ0) is 11.7. The van der Waals surface area contributed by atoms with Gasteiger partial charge in [-0.2, -0.15) is 0 Å². The number of hydrogen-bond donors (Lipinski definition) is 1. The third-order valence-electron chi connectivity index (χ3n) is 3.14. The smallest absolute Gasteiger partial charge is 0.185 e. The van der Waals surface area contributed by atoms with E-state index >= 15 is 0 Å². The maximum atomic E-state index is 12.1. The molecule has 17 heavy (non-hydrogen) atoms. The number of nitrogens with one attached hydrogen (secondary N) is 1. The number of rotatable bonds is 2. The first-order chi connectivity index (χ1) is 8.34. The van der Waals surface area contributed by atoms with Crippen LogP contribution in [0.4, 0.5) is 5.69 Å². The lowest BCUT2D eigenvalue weighted by Gasteiger charge is -2.11. The van der Waals surface area contributed by atoms with Crippen molar-refractivity contribution in [2.45, 2.75) is 12.5 Å². The van der Waals surface area contributed by atoms with Crippen molar-refractivity contribution in [3.8, 4) is 0 Å². The first kappa shape index (κ1) is 10.1. The summed E-state index contributed by atoms with van der Waals surface area (Å²) in [6.07, 6.45) is 0.782. The number of anilines is 1. The van der Waals surface area contributed by atoms with Gasteiger partial charge < -0.3 is 5.32 Å². The average Bonchev–Trinajstić information content (AvgIpc) is 2.68. The lowest BCUT2D eigenvalue weighted by molar-refractivity contribution is 0.0982. The topological polar surface area (TPSA) is 29.1 Å². The number of fused-ring (bicyclic) bond motifs is 1. The molecule has 2 aromatic rings. The first-order valence-electron chi connectivity index (χ1n) is 5.78. The van der Waals surface area contributed by atoms with Crippen LogP contribution < -0.4 is 5.32 Å². The van der Waals surface area contributed by atoms with Crippen LogP contribution in [0.1, 0.15) is 15.9 Å². The molecule has 2 heteroatoms. The van der Waals surface area contributed by atoms with E-state index in [9.17, 15) is 4.79 Å². The van der Waals surface area contributed by atoms with Crippen LogP contribution in [0, 0.1) is 0 Å². The molecule has 3 rings (SSSR count). The SMILES string of the molecule is O=C1c2ccccc2CC1Nc1ccccc1. The molecule has 2 aromatic carbocycles. The van der Waals surface area contributed by atoms with Gasteiger partial charge in [0.2, 0.25) is 0 Å². The number of hydrogen-bond acceptors (Lipinski definition) is 2. The Labute approximate surface area is 100 Å². The minimum absolute atomic E-state index is 0.116. The highest BCUT2D eigenvalue weighted by molar-refractivity contribution is 6.05. The normalized spacial score (nSPS) is 17.9. The van der Waals surface area contributed by atoms with E-state index in [1.165, 1.54) is 0 Å². The molecule has 0 aliphatic heterocycles. The fraction of sp³-hybridized carbons (Fsp3) is 0.133. The summed E-state index contributed by atoms with van der Waals surface area (Å²) in [5, 5.41) is 3.29. The molecule has 0 heterocycles. The van der Waals surface area contributed by atoms with Gasteiger partial charge in [-0.25, -0.2) is 0 Å². The molecule has 0 saturated carbocycles. The monoisotopic (exact) mass is 223 g/mol. The zero-order valence-electron chi connectivity index (χ0n) is 9.39. The van der Waals surface area contributed by atoms with Crippen molar-refractivity contribution in [2.75, 3.05) is 5.32 Å². The predicted molar refractivity (Wildman–Crippen MR) is 68.3 cm³/mol. The molecule has 1 atom stereocenters. The van der Waals surface area contributed by atoms with Gasteiger partial charge in [0.1, 0.15) is 0 Å². The molecule has 2 nitrogen and oxygen atoms in total. The van der Waals surface area contributed by atoms with Crippen molar-refractivity contribution >= 4 is 11.5 Å². The Bertz CT molecular complexity index is 548. The minimum Gasteiger partial charge on any atom is -0.375 e. The summed E-state index contributed by atoms with van der Waals surface area (Å²) in [6, 6.07) is 17.6. The Morgan fingerprint density at radius 3 is 2.41 bits per heavy atom. The number of carbonyl (C=O) groups excluding carboxylic acids is 1. The largest absolute Gasteiger partial charge is 0.375 e. The molecule has 1 aliphatic rings. The molecular weight excluding hydrogens is 210 g/mol. The van der Waals surface area contributed by atoms with Crippen molar-refractivity contribution < 1.29 is 4.79 Å². The molecule has 0 fully saturated rings. The highest BCUT2D eigenvalue weighted by Gasteiger charge is 2.29. The highest BCUT2D eigenvalue weighted by atomic mass is 16.1. The van der Waals surface area contributed by atoms with E-state index in [1.54, 1.807) is 0 Å². The molecular formula is C15H13NO. The summed E-state index contributed by atoms with van der Waals surface area (Å²) in [5.74, 6) is 0.199. The minimum atomic E-state index is -0.116. The lowest BCUT2D eigenvalue weighted by atomic mass is 10.1. The van der Waals surface area contributed by atoms with Crippen LogP contribution in [0.3, 0.4) is 0 Å². The average molecular weight is 223 g/mol. The van der Waals surface area contributed by atoms with Gasteiger partial charge in [0.15, 0.2) is 5.78 Å². The Morgan fingerprint density at radius 2 is 1.65 bits per heavy atom. The van der Waals surface area contributed by atoms with E-state index in [2.05, 4.69) is 5.32 Å². The Balaban J connectivity index is 1.83. The molecule has 0 aromatic heterocycles. The molecule has 0 radical (unpaired) electrons. The summed E-state index contributed by atoms with van der Waals surface area (Å²) in [5.41, 5.74) is 3.01. The standard InChI is InChI=1S/C15H13NO/c17-15-13-9-5-4-6-11(13)10-14(15)16-12-7-2-1-3-8-12/h1-9,14,16H,10H2. The number of benzene rings is 2. The van der Waals surface area contributed by atoms with Crippen LogP contribution >= 0.6 is 0 Å². The van der Waals surface area contributed by atoms with Gasteiger partial charge in [-0.15, -0.1) is 0 Å². The van der Waals surface area contributed by atoms with Crippen molar-refractivity contribution in [1.29, 1.82) is 0 Å². The van der Waals surface area contributed by atoms with Crippen molar-refractivity contribution in [2.24, 2.45) is 0 Å². The summed E-state index contributed by atoms with van der Waals surface area (Å²) in [4.78, 5) is 12.1. The fourth-order valence-corrected chi connectivity index (χ4v) is 2.29. The van der Waals surface area contributed by atoms with E-state index in [1.807, 2.05) is 54.6 Å². The molecule has 0 amide bonds. The van der Waals surface area contributed by atoms with Crippen LogP contribution in [0.15, 0.2) is 54.6 Å². The third kappa shape index (κ3) is 1.82. The Hall–Kier alpha value is -2.09. The van der Waals surface area contributed by atoms with E-state index < -0.39 is 0 Å². The summed E-state index contributed by atoms with van der Waals surface area (Å²) < 4.78 is 0. The van der Waals surface area contributed by atoms with Crippen molar-refractivity contribution in [3.63, 3.8) is 0 Å². The highest BCUT2D eigenvalue weighted by Crippen LogP contribution is 2.24. The van der Waals surface area contributed by atoms with Crippen molar-refractivity contribution in [1.82, 2.24) is 0 Å². The number of Topliss-reactive ketones (excluding diaryl/α,β-unsaturated/α-hetero) is 1. The lowest BCUT2D eigenvalue weighted by Crippen LogP contribution is -2.25. The van der Waals surface area contributed by atoms with Gasteiger partial charge in [-0.1, -0.05) is 42.5 Å². The second-order valence-electron chi connectivity index (χ2n) is 4.29. The zero-order valence-corrected chi connectivity index (χ0v) is 9.39. The van der Waals surface area contributed by atoms with Crippen LogP contribution in [-0.4, -0.2) is 11.8 Å². The summed E-state index contributed by atoms with van der Waals surface area (Å²) >= 11 is 0. The van der Waals surface area contributed by atoms with Crippen LogP contribution in [0.5, 0.6) is 0 Å². The van der Waals surface area contributed by atoms with Gasteiger partial charge in [-0.3, -0.25) is 4.79 Å². The summed E-state index contributed by atoms with van der Waals surface area (Å²) in [6.45, 7) is 0. The van der Waals surface area contributed by atoms with Crippen LogP contribution in [-0.2, 0) is 6.42 Å². The van der Waals surface area contributed by atoms with E-state index in [4.69, 9.17) is 0 Å². The maximum absolute atomic E-state index is 12.1. The Morgan fingerprint density at radius 1 is 0.941 bits per heavy atom. The summed E-state index contributed by atoms with van der Waals surface area (Å²) in [7, 11) is 0. The molecule has 1 aliphatic carbocycles. The Kier molecular flexibility index (Phi) is 2.41. The second-order valence-corrected chi connectivity index (χ2v) is 4.29. The maximum Gasteiger partial charge on any atom is 0.185 e. The van der Waals surface area contributed by atoms with Gasteiger partial charge >= 0.3 is 0 Å². The second kappa shape index (κ2) is 4.06. The van der Waals surface area contributed by atoms with E-state index in [0.29, 0.717) is 0 Å².